The summed E-state index contributed by atoms with van der Waals surface area (Å²) in [5, 5.41) is 29.7. The van der Waals surface area contributed by atoms with Crippen molar-refractivity contribution in [2.75, 3.05) is 6.61 Å². The van der Waals surface area contributed by atoms with Gasteiger partial charge in [-0.15, -0.1) is 0 Å². The van der Waals surface area contributed by atoms with Crippen molar-refractivity contribution >= 4 is 5.97 Å². The lowest BCUT2D eigenvalue weighted by Gasteiger charge is -2.49. The topological polar surface area (TPSA) is 87.0 Å². The molecule has 0 aromatic rings. The molecule has 0 aromatic heterocycles. The molecular formula is C15H22O5. The summed E-state index contributed by atoms with van der Waals surface area (Å²) in [5.74, 6) is -1.02. The smallest absolute Gasteiger partial charge is 0.328 e. The van der Waals surface area contributed by atoms with Gasteiger partial charge in [-0.1, -0.05) is 13.0 Å². The molecule has 0 radical (unpaired) electrons. The van der Waals surface area contributed by atoms with Gasteiger partial charge < -0.3 is 20.1 Å². The number of aliphatic hydroxyl groups excluding tert-OH is 1. The molecule has 3 N–H and O–H groups in total. The zero-order valence-electron chi connectivity index (χ0n) is 12.1. The largest absolute Gasteiger partial charge is 0.478 e. The quantitative estimate of drug-likeness (QED) is 0.536. The minimum absolute atomic E-state index is 0.366. The molecule has 1 aliphatic carbocycles. The maximum absolute atomic E-state index is 11.1. The van der Waals surface area contributed by atoms with Crippen molar-refractivity contribution in [1.29, 1.82) is 0 Å². The van der Waals surface area contributed by atoms with Crippen molar-refractivity contribution < 1.29 is 24.9 Å². The molecule has 2 unspecified atom stereocenters. The molecule has 2 bridgehead atoms. The van der Waals surface area contributed by atoms with Crippen LogP contribution in [0.4, 0.5) is 0 Å². The molecule has 1 saturated heterocycles. The normalized spacial score (nSPS) is 45.0. The van der Waals surface area contributed by atoms with E-state index in [4.69, 9.17) is 9.84 Å². The third-order valence-corrected chi connectivity index (χ3v) is 4.69. The Morgan fingerprint density at radius 3 is 2.55 bits per heavy atom. The summed E-state index contributed by atoms with van der Waals surface area (Å²) in [7, 11) is 0. The maximum Gasteiger partial charge on any atom is 0.328 e. The average molecular weight is 282 g/mol. The highest BCUT2D eigenvalue weighted by molar-refractivity contribution is 5.81. The molecule has 112 valence electrons. The molecule has 1 heterocycles. The standard InChI is InChI=1S/C15H22O5/c1-10(6-12(17)18)4-5-15(19)13(2)7-11(16)8-14(15,3)20-9-13/h4-6,11,16,19H,7-9H2,1-3H3,(H,17,18)/b5-4+,10-6-/t11?,13-,14?,15+/m1/s1. The van der Waals surface area contributed by atoms with Crippen LogP contribution in [0.3, 0.4) is 0 Å². The maximum atomic E-state index is 11.1. The molecule has 1 saturated carbocycles. The van der Waals surface area contributed by atoms with Crippen LogP contribution < -0.4 is 0 Å². The SMILES string of the molecule is CC(=C/C(=O)O)/C=C/[C@@]1(O)C2(C)CC(O)C[C@]1(C)CO2. The van der Waals surface area contributed by atoms with Crippen molar-refractivity contribution in [3.8, 4) is 0 Å². The van der Waals surface area contributed by atoms with Crippen LogP contribution >= 0.6 is 0 Å². The fourth-order valence-corrected chi connectivity index (χ4v) is 3.52. The van der Waals surface area contributed by atoms with Gasteiger partial charge in [0.05, 0.1) is 12.7 Å². The van der Waals surface area contributed by atoms with Gasteiger partial charge in [0.2, 0.25) is 0 Å². The number of ether oxygens (including phenoxy) is 1. The Labute approximate surface area is 118 Å². The Kier molecular flexibility index (Phi) is 3.57. The van der Waals surface area contributed by atoms with E-state index in [0.717, 1.165) is 6.08 Å². The first-order chi connectivity index (χ1) is 9.12. The lowest BCUT2D eigenvalue weighted by molar-refractivity contribution is -0.150. The van der Waals surface area contributed by atoms with E-state index in [2.05, 4.69) is 0 Å². The number of fused-ring (bicyclic) bond motifs is 2. The van der Waals surface area contributed by atoms with E-state index >= 15 is 0 Å². The Bertz CT molecular complexity index is 461. The molecule has 2 aliphatic rings. The second kappa shape index (κ2) is 4.69. The lowest BCUT2D eigenvalue weighted by atomic mass is 9.59. The highest BCUT2D eigenvalue weighted by Crippen LogP contribution is 2.57. The second-order valence-electron chi connectivity index (χ2n) is 6.47. The number of carboxylic acid groups (broad SMARTS) is 1. The summed E-state index contributed by atoms with van der Waals surface area (Å²) >= 11 is 0. The van der Waals surface area contributed by atoms with Gasteiger partial charge in [0.25, 0.3) is 0 Å². The van der Waals surface area contributed by atoms with Crippen molar-refractivity contribution in [2.45, 2.75) is 50.9 Å². The monoisotopic (exact) mass is 282 g/mol. The van der Waals surface area contributed by atoms with Gasteiger partial charge in [0.15, 0.2) is 0 Å². The van der Waals surface area contributed by atoms with E-state index in [0.29, 0.717) is 25.0 Å². The number of hydrogen-bond acceptors (Lipinski definition) is 4. The van der Waals surface area contributed by atoms with Gasteiger partial charge in [-0.3, -0.25) is 0 Å². The molecule has 5 heteroatoms. The molecule has 5 nitrogen and oxygen atoms in total. The van der Waals surface area contributed by atoms with Crippen LogP contribution in [0.1, 0.15) is 33.6 Å². The number of allylic oxidation sites excluding steroid dienone is 2. The minimum atomic E-state index is -1.22. The molecule has 0 spiro atoms. The zero-order valence-corrected chi connectivity index (χ0v) is 12.1. The van der Waals surface area contributed by atoms with E-state index in [1.807, 2.05) is 6.92 Å². The Morgan fingerprint density at radius 1 is 1.35 bits per heavy atom. The van der Waals surface area contributed by atoms with E-state index < -0.39 is 28.7 Å². The molecule has 20 heavy (non-hydrogen) atoms. The average Bonchev–Trinajstić information content (AvgIpc) is 2.43. The zero-order chi connectivity index (χ0) is 15.2. The molecule has 2 rings (SSSR count). The van der Waals surface area contributed by atoms with Crippen LogP contribution in [0, 0.1) is 5.41 Å². The number of carboxylic acids is 1. The van der Waals surface area contributed by atoms with Crippen molar-refractivity contribution in [3.05, 3.63) is 23.8 Å². The first-order valence-electron chi connectivity index (χ1n) is 6.77. The van der Waals surface area contributed by atoms with E-state index in [-0.39, 0.29) is 0 Å². The number of aliphatic carboxylic acids is 1. The highest BCUT2D eigenvalue weighted by Gasteiger charge is 2.67. The fourth-order valence-electron chi connectivity index (χ4n) is 3.52. The Balaban J connectivity index is 2.34. The van der Waals surface area contributed by atoms with Crippen LogP contribution in [0.25, 0.3) is 0 Å². The van der Waals surface area contributed by atoms with Gasteiger partial charge in [0.1, 0.15) is 11.2 Å². The van der Waals surface area contributed by atoms with Crippen LogP contribution in [-0.2, 0) is 9.53 Å². The van der Waals surface area contributed by atoms with Gasteiger partial charge in [-0.05, 0) is 31.9 Å². The summed E-state index contributed by atoms with van der Waals surface area (Å²) < 4.78 is 5.77. The Morgan fingerprint density at radius 2 is 2.00 bits per heavy atom. The van der Waals surface area contributed by atoms with E-state index in [9.17, 15) is 15.0 Å². The first-order valence-corrected chi connectivity index (χ1v) is 6.77. The van der Waals surface area contributed by atoms with E-state index in [1.54, 1.807) is 26.0 Å². The summed E-state index contributed by atoms with van der Waals surface area (Å²) in [6.07, 6.45) is 4.66. The number of carbonyl (C=O) groups is 1. The second-order valence-corrected chi connectivity index (χ2v) is 6.47. The number of hydrogen-bond donors (Lipinski definition) is 3. The Hall–Kier alpha value is -1.17. The fraction of sp³-hybridized carbons (Fsp3) is 0.667. The minimum Gasteiger partial charge on any atom is -0.478 e. The molecule has 0 amide bonds. The van der Waals surface area contributed by atoms with Crippen molar-refractivity contribution in [2.24, 2.45) is 5.41 Å². The molecule has 4 atom stereocenters. The summed E-state index contributed by atoms with van der Waals surface area (Å²) in [5.41, 5.74) is -2.09. The predicted molar refractivity (Wildman–Crippen MR) is 73.2 cm³/mol. The first kappa shape index (κ1) is 15.2. The third-order valence-electron chi connectivity index (χ3n) is 4.69. The molecule has 2 fully saturated rings. The number of rotatable bonds is 3. The van der Waals surface area contributed by atoms with Gasteiger partial charge in [-0.25, -0.2) is 4.79 Å². The van der Waals surface area contributed by atoms with Crippen LogP contribution in [-0.4, -0.2) is 45.2 Å². The summed E-state index contributed by atoms with van der Waals surface area (Å²) in [6.45, 7) is 5.73. The highest BCUT2D eigenvalue weighted by atomic mass is 16.5. The van der Waals surface area contributed by atoms with Crippen molar-refractivity contribution in [3.63, 3.8) is 0 Å². The summed E-state index contributed by atoms with van der Waals surface area (Å²) in [6, 6.07) is 0. The molecule has 0 aromatic carbocycles. The van der Waals surface area contributed by atoms with Crippen LogP contribution in [0.2, 0.25) is 0 Å². The molecular weight excluding hydrogens is 260 g/mol. The molecule has 1 aliphatic heterocycles. The van der Waals surface area contributed by atoms with Crippen LogP contribution in [0.5, 0.6) is 0 Å². The summed E-state index contributed by atoms with van der Waals surface area (Å²) in [4.78, 5) is 10.6. The van der Waals surface area contributed by atoms with Gasteiger partial charge >= 0.3 is 5.97 Å². The van der Waals surface area contributed by atoms with Gasteiger partial charge in [0, 0.05) is 17.9 Å². The van der Waals surface area contributed by atoms with Gasteiger partial charge in [-0.2, -0.15) is 0 Å². The van der Waals surface area contributed by atoms with Crippen LogP contribution in [0.15, 0.2) is 23.8 Å². The van der Waals surface area contributed by atoms with Crippen molar-refractivity contribution in [1.82, 2.24) is 0 Å². The lowest BCUT2D eigenvalue weighted by Crippen LogP contribution is -2.60. The third kappa shape index (κ3) is 2.20. The predicted octanol–water partition coefficient (Wildman–Crippen LogP) is 1.25. The van der Waals surface area contributed by atoms with E-state index in [1.165, 1.54) is 0 Å². The number of aliphatic hydroxyl groups is 2.